The van der Waals surface area contributed by atoms with E-state index in [1.54, 1.807) is 6.33 Å². The molecule has 0 spiro atoms. The molecule has 6 heteroatoms. The SMILES string of the molecule is CNc1cc(N2CCCC2CNCc2ccc(OC(C)C)cc2)ncn1. The first-order chi connectivity index (χ1) is 12.7. The quantitative estimate of drug-likeness (QED) is 0.759. The van der Waals surface area contributed by atoms with E-state index in [4.69, 9.17) is 4.74 Å². The normalized spacial score (nSPS) is 16.9. The fraction of sp³-hybridized carbons (Fsp3) is 0.500. The summed E-state index contributed by atoms with van der Waals surface area (Å²) < 4.78 is 5.69. The van der Waals surface area contributed by atoms with Gasteiger partial charge in [-0.15, -0.1) is 0 Å². The van der Waals surface area contributed by atoms with Gasteiger partial charge in [-0.3, -0.25) is 0 Å². The van der Waals surface area contributed by atoms with E-state index in [0.29, 0.717) is 6.04 Å². The van der Waals surface area contributed by atoms with Crippen LogP contribution in [0.25, 0.3) is 0 Å². The molecule has 0 aliphatic carbocycles. The maximum Gasteiger partial charge on any atom is 0.134 e. The number of nitrogens with one attached hydrogen (secondary N) is 2. The van der Waals surface area contributed by atoms with Gasteiger partial charge in [0.05, 0.1) is 6.10 Å². The molecular formula is C20H29N5O. The second kappa shape index (κ2) is 8.85. The van der Waals surface area contributed by atoms with Gasteiger partial charge in [-0.05, 0) is 44.4 Å². The molecule has 0 amide bonds. The maximum absolute atomic E-state index is 5.69. The number of rotatable bonds is 8. The summed E-state index contributed by atoms with van der Waals surface area (Å²) in [6.45, 7) is 6.94. The molecule has 3 rings (SSSR count). The van der Waals surface area contributed by atoms with E-state index in [0.717, 1.165) is 37.0 Å². The Kier molecular flexibility index (Phi) is 6.28. The van der Waals surface area contributed by atoms with Crippen molar-refractivity contribution in [2.24, 2.45) is 0 Å². The predicted molar refractivity (Wildman–Crippen MR) is 106 cm³/mol. The zero-order valence-corrected chi connectivity index (χ0v) is 15.9. The van der Waals surface area contributed by atoms with Crippen LogP contribution >= 0.6 is 0 Å². The number of hydrogen-bond acceptors (Lipinski definition) is 6. The highest BCUT2D eigenvalue weighted by atomic mass is 16.5. The topological polar surface area (TPSA) is 62.3 Å². The molecule has 26 heavy (non-hydrogen) atoms. The molecule has 1 aliphatic heterocycles. The second-order valence-corrected chi connectivity index (χ2v) is 6.94. The summed E-state index contributed by atoms with van der Waals surface area (Å²) in [6, 6.07) is 10.8. The first kappa shape index (κ1) is 18.5. The summed E-state index contributed by atoms with van der Waals surface area (Å²) in [5, 5.41) is 6.67. The van der Waals surface area contributed by atoms with Gasteiger partial charge < -0.3 is 20.3 Å². The molecule has 1 aliphatic rings. The van der Waals surface area contributed by atoms with Crippen LogP contribution in [0.15, 0.2) is 36.7 Å². The van der Waals surface area contributed by atoms with E-state index < -0.39 is 0 Å². The van der Waals surface area contributed by atoms with Crippen LogP contribution in [-0.2, 0) is 6.54 Å². The van der Waals surface area contributed by atoms with Crippen molar-refractivity contribution in [3.8, 4) is 5.75 Å². The minimum atomic E-state index is 0.206. The molecule has 0 saturated carbocycles. The van der Waals surface area contributed by atoms with E-state index in [-0.39, 0.29) is 6.10 Å². The van der Waals surface area contributed by atoms with Crippen molar-refractivity contribution in [2.75, 3.05) is 30.4 Å². The average Bonchev–Trinajstić information content (AvgIpc) is 3.11. The molecule has 1 atom stereocenters. The van der Waals surface area contributed by atoms with Crippen LogP contribution < -0.4 is 20.3 Å². The number of ether oxygens (including phenoxy) is 1. The summed E-state index contributed by atoms with van der Waals surface area (Å²) in [5.74, 6) is 2.79. The lowest BCUT2D eigenvalue weighted by atomic mass is 10.2. The lowest BCUT2D eigenvalue weighted by molar-refractivity contribution is 0.242. The van der Waals surface area contributed by atoms with Gasteiger partial charge in [0.15, 0.2) is 0 Å². The Balaban J connectivity index is 1.52. The van der Waals surface area contributed by atoms with Crippen molar-refractivity contribution in [3.63, 3.8) is 0 Å². The zero-order chi connectivity index (χ0) is 18.4. The maximum atomic E-state index is 5.69. The molecule has 2 aromatic rings. The summed E-state index contributed by atoms with van der Waals surface area (Å²) in [5.41, 5.74) is 1.27. The van der Waals surface area contributed by atoms with Crippen molar-refractivity contribution in [1.29, 1.82) is 0 Å². The third-order valence-electron chi connectivity index (χ3n) is 4.58. The Bertz CT molecular complexity index is 689. The number of benzene rings is 1. The lowest BCUT2D eigenvalue weighted by Gasteiger charge is -2.26. The van der Waals surface area contributed by atoms with E-state index in [1.807, 2.05) is 39.1 Å². The summed E-state index contributed by atoms with van der Waals surface area (Å²) in [4.78, 5) is 11.0. The van der Waals surface area contributed by atoms with Crippen molar-refractivity contribution >= 4 is 11.6 Å². The first-order valence-electron chi connectivity index (χ1n) is 9.38. The molecule has 1 aromatic heterocycles. The standard InChI is InChI=1S/C20H29N5O/c1-15(2)26-18-8-6-16(7-9-18)12-22-13-17-5-4-10-25(17)20-11-19(21-3)23-14-24-20/h6-9,11,14-15,17,22H,4-5,10,12-13H2,1-3H3,(H,21,23,24). The number of anilines is 2. The predicted octanol–water partition coefficient (Wildman–Crippen LogP) is 3.06. The summed E-state index contributed by atoms with van der Waals surface area (Å²) >= 11 is 0. The monoisotopic (exact) mass is 355 g/mol. The van der Waals surface area contributed by atoms with Crippen molar-refractivity contribution < 1.29 is 4.74 Å². The van der Waals surface area contributed by atoms with Gasteiger partial charge in [0, 0.05) is 38.8 Å². The number of nitrogens with zero attached hydrogens (tertiary/aromatic N) is 3. The zero-order valence-electron chi connectivity index (χ0n) is 15.9. The minimum Gasteiger partial charge on any atom is -0.491 e. The van der Waals surface area contributed by atoms with Crippen LogP contribution in [0.3, 0.4) is 0 Å². The molecule has 6 nitrogen and oxygen atoms in total. The van der Waals surface area contributed by atoms with Crippen molar-refractivity contribution in [3.05, 3.63) is 42.2 Å². The minimum absolute atomic E-state index is 0.206. The van der Waals surface area contributed by atoms with E-state index in [1.165, 1.54) is 18.4 Å². The first-order valence-corrected chi connectivity index (χ1v) is 9.38. The van der Waals surface area contributed by atoms with Crippen LogP contribution in [0.4, 0.5) is 11.6 Å². The number of aromatic nitrogens is 2. The Labute approximate surface area is 156 Å². The highest BCUT2D eigenvalue weighted by Crippen LogP contribution is 2.24. The Morgan fingerprint density at radius 1 is 1.23 bits per heavy atom. The molecule has 1 fully saturated rings. The van der Waals surface area contributed by atoms with Gasteiger partial charge in [-0.25, -0.2) is 9.97 Å². The van der Waals surface area contributed by atoms with Crippen LogP contribution in [-0.4, -0.2) is 42.3 Å². The molecule has 0 radical (unpaired) electrons. The van der Waals surface area contributed by atoms with E-state index in [2.05, 4.69) is 37.6 Å². The highest BCUT2D eigenvalue weighted by Gasteiger charge is 2.25. The highest BCUT2D eigenvalue weighted by molar-refractivity contribution is 5.49. The van der Waals surface area contributed by atoms with Crippen molar-refractivity contribution in [1.82, 2.24) is 15.3 Å². The molecule has 2 heterocycles. The van der Waals surface area contributed by atoms with E-state index >= 15 is 0 Å². The smallest absolute Gasteiger partial charge is 0.134 e. The van der Waals surface area contributed by atoms with Gasteiger partial charge in [-0.1, -0.05) is 12.1 Å². The Hall–Kier alpha value is -2.34. The fourth-order valence-electron chi connectivity index (χ4n) is 3.33. The average molecular weight is 355 g/mol. The van der Waals surface area contributed by atoms with Crippen molar-refractivity contribution in [2.45, 2.75) is 45.4 Å². The van der Waals surface area contributed by atoms with E-state index in [9.17, 15) is 0 Å². The molecule has 140 valence electrons. The third-order valence-corrected chi connectivity index (χ3v) is 4.58. The third kappa shape index (κ3) is 4.85. The fourth-order valence-corrected chi connectivity index (χ4v) is 3.33. The molecule has 0 bridgehead atoms. The van der Waals surface area contributed by atoms with Gasteiger partial charge in [-0.2, -0.15) is 0 Å². The van der Waals surface area contributed by atoms with Crippen LogP contribution in [0.5, 0.6) is 5.75 Å². The van der Waals surface area contributed by atoms with Gasteiger partial charge >= 0.3 is 0 Å². The second-order valence-electron chi connectivity index (χ2n) is 6.94. The molecule has 2 N–H and O–H groups in total. The van der Waals surface area contributed by atoms with Crippen LogP contribution in [0.2, 0.25) is 0 Å². The Morgan fingerprint density at radius 2 is 2.04 bits per heavy atom. The molecule has 1 aromatic carbocycles. The van der Waals surface area contributed by atoms with Gasteiger partial charge in [0.2, 0.25) is 0 Å². The van der Waals surface area contributed by atoms with Crippen LogP contribution in [0.1, 0.15) is 32.3 Å². The van der Waals surface area contributed by atoms with Gasteiger partial charge in [0.1, 0.15) is 23.7 Å². The molecule has 1 unspecified atom stereocenters. The largest absolute Gasteiger partial charge is 0.491 e. The summed E-state index contributed by atoms with van der Waals surface area (Å²) in [6.07, 6.45) is 4.22. The molecule has 1 saturated heterocycles. The van der Waals surface area contributed by atoms with Crippen LogP contribution in [0, 0.1) is 0 Å². The lowest BCUT2D eigenvalue weighted by Crippen LogP contribution is -2.38. The number of hydrogen-bond donors (Lipinski definition) is 2. The summed E-state index contributed by atoms with van der Waals surface area (Å²) in [7, 11) is 1.88. The Morgan fingerprint density at radius 3 is 2.77 bits per heavy atom. The van der Waals surface area contributed by atoms with Gasteiger partial charge in [0.25, 0.3) is 0 Å². The molecular weight excluding hydrogens is 326 g/mol.